The molecule has 1 aliphatic carbocycles. The van der Waals surface area contributed by atoms with E-state index in [9.17, 15) is 0 Å². The zero-order valence-electron chi connectivity index (χ0n) is 6.53. The lowest BCUT2D eigenvalue weighted by Gasteiger charge is -1.92. The van der Waals surface area contributed by atoms with E-state index in [2.05, 4.69) is 0 Å². The summed E-state index contributed by atoms with van der Waals surface area (Å²) in [6.45, 7) is 0. The lowest BCUT2D eigenvalue weighted by Crippen LogP contribution is -1.79. The highest BCUT2D eigenvalue weighted by Crippen LogP contribution is 2.18. The Kier molecular flexibility index (Phi) is 2.30. The summed E-state index contributed by atoms with van der Waals surface area (Å²) in [5.74, 6) is 0.660. The summed E-state index contributed by atoms with van der Waals surface area (Å²) in [7, 11) is 1.54. The van der Waals surface area contributed by atoms with E-state index in [1.165, 1.54) is 7.11 Å². The van der Waals surface area contributed by atoms with Crippen LogP contribution in [0.5, 0.6) is 0 Å². The molecule has 1 rings (SSSR count). The lowest BCUT2D eigenvalue weighted by molar-refractivity contribution is 0.308. The third kappa shape index (κ3) is 1.36. The maximum Gasteiger partial charge on any atom is 0.137 e. The van der Waals surface area contributed by atoms with E-state index in [4.69, 9.17) is 15.3 Å². The van der Waals surface area contributed by atoms with Crippen LogP contribution in [0.15, 0.2) is 35.1 Å². The van der Waals surface area contributed by atoms with Crippen molar-refractivity contribution < 1.29 is 4.74 Å². The average Bonchev–Trinajstić information content (AvgIpc) is 2.55. The first-order chi connectivity index (χ1) is 5.81. The highest BCUT2D eigenvalue weighted by atomic mass is 16.5. The van der Waals surface area contributed by atoms with E-state index in [1.54, 1.807) is 30.4 Å². The Labute approximate surface area is 70.5 Å². The van der Waals surface area contributed by atoms with Gasteiger partial charge in [-0.1, -0.05) is 0 Å². The number of rotatable bonds is 1. The molecular weight excluding hydrogens is 152 g/mol. The van der Waals surface area contributed by atoms with Crippen LogP contribution in [0.1, 0.15) is 0 Å². The SMILES string of the molecule is COC1=CC(=C(C#N)C#N)C=C1. The van der Waals surface area contributed by atoms with Gasteiger partial charge in [-0.3, -0.25) is 0 Å². The Morgan fingerprint density at radius 1 is 1.33 bits per heavy atom. The van der Waals surface area contributed by atoms with Crippen molar-refractivity contribution in [2.24, 2.45) is 0 Å². The zero-order chi connectivity index (χ0) is 8.97. The van der Waals surface area contributed by atoms with Gasteiger partial charge in [0.15, 0.2) is 0 Å². The van der Waals surface area contributed by atoms with E-state index in [0.29, 0.717) is 11.3 Å². The van der Waals surface area contributed by atoms with Gasteiger partial charge in [-0.05, 0) is 18.2 Å². The molecule has 3 nitrogen and oxygen atoms in total. The molecule has 0 aromatic heterocycles. The quantitative estimate of drug-likeness (QED) is 0.542. The molecule has 0 spiro atoms. The first-order valence-corrected chi connectivity index (χ1v) is 3.30. The van der Waals surface area contributed by atoms with Crippen LogP contribution >= 0.6 is 0 Å². The van der Waals surface area contributed by atoms with Crippen LogP contribution in [0.2, 0.25) is 0 Å². The minimum absolute atomic E-state index is 0.110. The molecule has 3 heteroatoms. The molecule has 0 unspecified atom stereocenters. The summed E-state index contributed by atoms with van der Waals surface area (Å²) in [6, 6.07) is 3.61. The molecule has 12 heavy (non-hydrogen) atoms. The minimum atomic E-state index is 0.110. The summed E-state index contributed by atoms with van der Waals surface area (Å²) >= 11 is 0. The van der Waals surface area contributed by atoms with Crippen molar-refractivity contribution in [3.8, 4) is 12.1 Å². The molecule has 0 amide bonds. The van der Waals surface area contributed by atoms with E-state index < -0.39 is 0 Å². The predicted octanol–water partition coefficient (Wildman–Crippen LogP) is 1.43. The van der Waals surface area contributed by atoms with Gasteiger partial charge >= 0.3 is 0 Å². The first-order valence-electron chi connectivity index (χ1n) is 3.30. The number of hydrogen-bond acceptors (Lipinski definition) is 3. The lowest BCUT2D eigenvalue weighted by atomic mass is 10.1. The highest BCUT2D eigenvalue weighted by Gasteiger charge is 2.06. The number of methoxy groups -OCH3 is 1. The molecule has 0 fully saturated rings. The van der Waals surface area contributed by atoms with Gasteiger partial charge in [0.25, 0.3) is 0 Å². The Bertz CT molecular complexity index is 345. The van der Waals surface area contributed by atoms with Gasteiger partial charge < -0.3 is 4.74 Å². The van der Waals surface area contributed by atoms with E-state index in [1.807, 2.05) is 0 Å². The molecule has 58 valence electrons. The van der Waals surface area contributed by atoms with Crippen LogP contribution in [0, 0.1) is 22.7 Å². The maximum atomic E-state index is 8.51. The third-order valence-electron chi connectivity index (χ3n) is 1.47. The van der Waals surface area contributed by atoms with Crippen molar-refractivity contribution >= 4 is 0 Å². The fraction of sp³-hybridized carbons (Fsp3) is 0.111. The van der Waals surface area contributed by atoms with Gasteiger partial charge in [-0.25, -0.2) is 0 Å². The van der Waals surface area contributed by atoms with Gasteiger partial charge in [-0.15, -0.1) is 0 Å². The Hall–Kier alpha value is -2.00. The van der Waals surface area contributed by atoms with Crippen LogP contribution in [0.4, 0.5) is 0 Å². The summed E-state index contributed by atoms with van der Waals surface area (Å²) in [5.41, 5.74) is 0.718. The smallest absolute Gasteiger partial charge is 0.137 e. The minimum Gasteiger partial charge on any atom is -0.497 e. The number of nitrogens with zero attached hydrogens (tertiary/aromatic N) is 2. The molecule has 0 aliphatic heterocycles. The predicted molar refractivity (Wildman–Crippen MR) is 42.5 cm³/mol. The Morgan fingerprint density at radius 3 is 2.42 bits per heavy atom. The normalized spacial score (nSPS) is 13.2. The molecule has 0 bridgehead atoms. The number of allylic oxidation sites excluding steroid dienone is 5. The van der Waals surface area contributed by atoms with Gasteiger partial charge in [0.2, 0.25) is 0 Å². The first kappa shape index (κ1) is 8.10. The van der Waals surface area contributed by atoms with Crippen LogP contribution in [0.3, 0.4) is 0 Å². The fourth-order valence-corrected chi connectivity index (χ4v) is 0.858. The van der Waals surface area contributed by atoms with E-state index in [0.717, 1.165) is 0 Å². The average molecular weight is 158 g/mol. The van der Waals surface area contributed by atoms with E-state index in [-0.39, 0.29) is 5.57 Å². The molecule has 0 radical (unpaired) electrons. The van der Waals surface area contributed by atoms with Crippen molar-refractivity contribution in [2.45, 2.75) is 0 Å². The van der Waals surface area contributed by atoms with Gasteiger partial charge in [0.05, 0.1) is 7.11 Å². The topological polar surface area (TPSA) is 56.8 Å². The van der Waals surface area contributed by atoms with Crippen LogP contribution < -0.4 is 0 Å². The summed E-state index contributed by atoms with van der Waals surface area (Å²) in [4.78, 5) is 0. The van der Waals surface area contributed by atoms with Crippen molar-refractivity contribution in [3.05, 3.63) is 35.1 Å². The molecular formula is C9H6N2O. The fourth-order valence-electron chi connectivity index (χ4n) is 0.858. The van der Waals surface area contributed by atoms with Crippen molar-refractivity contribution in [1.29, 1.82) is 10.5 Å². The second kappa shape index (κ2) is 3.41. The number of hydrogen-bond donors (Lipinski definition) is 0. The monoisotopic (exact) mass is 158 g/mol. The summed E-state index contributed by atoms with van der Waals surface area (Å²) in [5, 5.41) is 17.0. The van der Waals surface area contributed by atoms with Crippen molar-refractivity contribution in [2.75, 3.05) is 7.11 Å². The van der Waals surface area contributed by atoms with Crippen LogP contribution in [-0.4, -0.2) is 7.11 Å². The van der Waals surface area contributed by atoms with Crippen molar-refractivity contribution in [1.82, 2.24) is 0 Å². The standard InChI is InChI=1S/C9H6N2O/c1-12-9-3-2-7(4-9)8(5-10)6-11/h2-4H,1H3. The maximum absolute atomic E-state index is 8.51. The largest absolute Gasteiger partial charge is 0.497 e. The highest BCUT2D eigenvalue weighted by molar-refractivity contribution is 5.55. The Morgan fingerprint density at radius 2 is 2.00 bits per heavy atom. The van der Waals surface area contributed by atoms with Crippen LogP contribution in [0.25, 0.3) is 0 Å². The molecule has 0 atom stereocenters. The number of nitriles is 2. The molecule has 0 saturated carbocycles. The molecule has 0 aromatic rings. The summed E-state index contributed by atoms with van der Waals surface area (Å²) in [6.07, 6.45) is 5.05. The third-order valence-corrected chi connectivity index (χ3v) is 1.47. The zero-order valence-corrected chi connectivity index (χ0v) is 6.53. The Balaban J connectivity index is 3.06. The van der Waals surface area contributed by atoms with Gasteiger partial charge in [0, 0.05) is 5.57 Å². The molecule has 0 heterocycles. The summed E-state index contributed by atoms with van der Waals surface area (Å²) < 4.78 is 4.90. The second-order valence-electron chi connectivity index (χ2n) is 2.14. The van der Waals surface area contributed by atoms with E-state index >= 15 is 0 Å². The van der Waals surface area contributed by atoms with Crippen LogP contribution in [-0.2, 0) is 4.74 Å². The molecule has 1 aliphatic rings. The second-order valence-corrected chi connectivity index (χ2v) is 2.14. The molecule has 0 N–H and O–H groups in total. The number of ether oxygens (including phenoxy) is 1. The van der Waals surface area contributed by atoms with Gasteiger partial charge in [-0.2, -0.15) is 10.5 Å². The van der Waals surface area contributed by atoms with Gasteiger partial charge in [0.1, 0.15) is 23.5 Å². The van der Waals surface area contributed by atoms with Crippen molar-refractivity contribution in [3.63, 3.8) is 0 Å². The molecule has 0 aromatic carbocycles. The molecule has 0 saturated heterocycles.